The molecule has 25 heavy (non-hydrogen) atoms. The van der Waals surface area contributed by atoms with Gasteiger partial charge in [-0.25, -0.2) is 9.97 Å². The standard InChI is InChI=1S/C20H27N5/c1-25-11-5-7-16(14-25)20-23-18(15-6-4-10-21-13-15)12-19(24-20)22-17-8-2-3-9-17/h4,6,10,12-13,16-17H,2-3,5,7-9,11,14H2,1H3,(H,22,23,24). The smallest absolute Gasteiger partial charge is 0.135 e. The normalized spacial score (nSPS) is 22.2. The quantitative estimate of drug-likeness (QED) is 0.922. The maximum Gasteiger partial charge on any atom is 0.135 e. The largest absolute Gasteiger partial charge is 0.367 e. The van der Waals surface area contributed by atoms with E-state index in [0.29, 0.717) is 12.0 Å². The van der Waals surface area contributed by atoms with E-state index < -0.39 is 0 Å². The molecule has 0 spiro atoms. The van der Waals surface area contributed by atoms with Gasteiger partial charge in [0, 0.05) is 42.5 Å². The number of hydrogen-bond donors (Lipinski definition) is 1. The highest BCUT2D eigenvalue weighted by molar-refractivity contribution is 5.61. The van der Waals surface area contributed by atoms with Gasteiger partial charge in [0.05, 0.1) is 5.69 Å². The van der Waals surface area contributed by atoms with Gasteiger partial charge in [-0.2, -0.15) is 0 Å². The number of anilines is 1. The van der Waals surface area contributed by atoms with E-state index in [1.54, 1.807) is 6.20 Å². The molecule has 4 rings (SSSR count). The lowest BCUT2D eigenvalue weighted by Crippen LogP contribution is -2.32. The number of pyridine rings is 1. The molecule has 1 atom stereocenters. The van der Waals surface area contributed by atoms with Crippen LogP contribution in [0.3, 0.4) is 0 Å². The van der Waals surface area contributed by atoms with Crippen molar-refractivity contribution in [2.24, 2.45) is 0 Å². The fourth-order valence-electron chi connectivity index (χ4n) is 4.04. The first-order valence-electron chi connectivity index (χ1n) is 9.52. The Labute approximate surface area is 149 Å². The average Bonchev–Trinajstić information content (AvgIpc) is 3.15. The maximum atomic E-state index is 4.92. The summed E-state index contributed by atoms with van der Waals surface area (Å²) >= 11 is 0. The summed E-state index contributed by atoms with van der Waals surface area (Å²) < 4.78 is 0. The molecule has 1 aliphatic carbocycles. The molecule has 1 saturated heterocycles. The van der Waals surface area contributed by atoms with Crippen LogP contribution in [0.25, 0.3) is 11.3 Å². The molecule has 2 fully saturated rings. The fourth-order valence-corrected chi connectivity index (χ4v) is 4.04. The Balaban J connectivity index is 1.66. The minimum atomic E-state index is 0.416. The van der Waals surface area contributed by atoms with Crippen LogP contribution >= 0.6 is 0 Å². The minimum absolute atomic E-state index is 0.416. The first kappa shape index (κ1) is 16.5. The van der Waals surface area contributed by atoms with Gasteiger partial charge in [0.15, 0.2) is 0 Å². The van der Waals surface area contributed by atoms with Gasteiger partial charge in [-0.1, -0.05) is 12.8 Å². The average molecular weight is 337 g/mol. The molecule has 5 nitrogen and oxygen atoms in total. The molecule has 2 aromatic rings. The number of aromatic nitrogens is 3. The van der Waals surface area contributed by atoms with Crippen molar-refractivity contribution >= 4 is 5.82 Å². The number of likely N-dealkylation sites (tertiary alicyclic amines) is 1. The maximum absolute atomic E-state index is 4.92. The molecule has 1 unspecified atom stereocenters. The lowest BCUT2D eigenvalue weighted by atomic mass is 9.97. The zero-order valence-electron chi connectivity index (χ0n) is 15.0. The third-order valence-corrected chi connectivity index (χ3v) is 5.40. The Morgan fingerprint density at radius 2 is 2.00 bits per heavy atom. The predicted octanol–water partition coefficient (Wildman–Crippen LogP) is 3.70. The van der Waals surface area contributed by atoms with Gasteiger partial charge in [-0.05, 0) is 51.4 Å². The monoisotopic (exact) mass is 337 g/mol. The molecule has 0 aromatic carbocycles. The second kappa shape index (κ2) is 7.48. The second-order valence-corrected chi connectivity index (χ2v) is 7.47. The van der Waals surface area contributed by atoms with Crippen LogP contribution in [0.1, 0.15) is 50.3 Å². The van der Waals surface area contributed by atoms with Gasteiger partial charge in [-0.15, -0.1) is 0 Å². The molecular weight excluding hydrogens is 310 g/mol. The van der Waals surface area contributed by atoms with Crippen LogP contribution in [0, 0.1) is 0 Å². The number of rotatable bonds is 4. The number of nitrogens with zero attached hydrogens (tertiary/aromatic N) is 4. The summed E-state index contributed by atoms with van der Waals surface area (Å²) in [4.78, 5) is 16.5. The van der Waals surface area contributed by atoms with E-state index in [4.69, 9.17) is 9.97 Å². The zero-order valence-corrected chi connectivity index (χ0v) is 15.0. The molecule has 5 heteroatoms. The molecule has 0 amide bonds. The lowest BCUT2D eigenvalue weighted by molar-refractivity contribution is 0.246. The van der Waals surface area contributed by atoms with Crippen LogP contribution < -0.4 is 5.32 Å². The van der Waals surface area contributed by atoms with E-state index in [-0.39, 0.29) is 0 Å². The fraction of sp³-hybridized carbons (Fsp3) is 0.550. The first-order chi connectivity index (χ1) is 12.3. The van der Waals surface area contributed by atoms with Crippen molar-refractivity contribution in [2.75, 3.05) is 25.5 Å². The molecule has 0 radical (unpaired) electrons. The second-order valence-electron chi connectivity index (χ2n) is 7.47. The zero-order chi connectivity index (χ0) is 17.1. The van der Waals surface area contributed by atoms with Crippen molar-refractivity contribution < 1.29 is 0 Å². The molecule has 2 aromatic heterocycles. The van der Waals surface area contributed by atoms with Gasteiger partial charge in [0.25, 0.3) is 0 Å². The molecule has 1 saturated carbocycles. The van der Waals surface area contributed by atoms with E-state index in [2.05, 4.69) is 34.4 Å². The Bertz CT molecular complexity index is 696. The highest BCUT2D eigenvalue weighted by atomic mass is 15.1. The summed E-state index contributed by atoms with van der Waals surface area (Å²) in [5, 5.41) is 3.66. The third kappa shape index (κ3) is 3.98. The molecule has 3 heterocycles. The topological polar surface area (TPSA) is 53.9 Å². The molecule has 2 aliphatic rings. The van der Waals surface area contributed by atoms with Gasteiger partial charge in [-0.3, -0.25) is 4.98 Å². The summed E-state index contributed by atoms with van der Waals surface area (Å²) in [6.45, 7) is 2.21. The molecule has 132 valence electrons. The third-order valence-electron chi connectivity index (χ3n) is 5.40. The van der Waals surface area contributed by atoms with Crippen molar-refractivity contribution in [1.82, 2.24) is 19.9 Å². The summed E-state index contributed by atoms with van der Waals surface area (Å²) in [5.74, 6) is 2.37. The predicted molar refractivity (Wildman–Crippen MR) is 101 cm³/mol. The van der Waals surface area contributed by atoms with Gasteiger partial charge >= 0.3 is 0 Å². The van der Waals surface area contributed by atoms with Crippen molar-refractivity contribution in [3.63, 3.8) is 0 Å². The van der Waals surface area contributed by atoms with Gasteiger partial charge in [0.2, 0.25) is 0 Å². The lowest BCUT2D eigenvalue weighted by Gasteiger charge is -2.29. The van der Waals surface area contributed by atoms with E-state index >= 15 is 0 Å². The Hall–Kier alpha value is -2.01. The summed E-state index contributed by atoms with van der Waals surface area (Å²) in [6, 6.07) is 6.69. The molecule has 1 N–H and O–H groups in total. The van der Waals surface area contributed by atoms with Crippen LogP contribution in [0.2, 0.25) is 0 Å². The van der Waals surface area contributed by atoms with Crippen molar-refractivity contribution in [1.29, 1.82) is 0 Å². The molecular formula is C20H27N5. The van der Waals surface area contributed by atoms with Crippen LogP contribution in [0.15, 0.2) is 30.6 Å². The first-order valence-corrected chi connectivity index (χ1v) is 9.52. The SMILES string of the molecule is CN1CCCC(c2nc(NC3CCCC3)cc(-c3cccnc3)n2)C1. The van der Waals surface area contributed by atoms with E-state index in [1.165, 1.54) is 45.1 Å². The van der Waals surface area contributed by atoms with Crippen molar-refractivity contribution in [3.05, 3.63) is 36.4 Å². The van der Waals surface area contributed by atoms with Crippen LogP contribution in [-0.2, 0) is 0 Å². The van der Waals surface area contributed by atoms with E-state index in [1.807, 2.05) is 12.3 Å². The number of piperidine rings is 1. The van der Waals surface area contributed by atoms with Crippen LogP contribution in [-0.4, -0.2) is 46.0 Å². The van der Waals surface area contributed by atoms with Crippen molar-refractivity contribution in [2.45, 2.75) is 50.5 Å². The minimum Gasteiger partial charge on any atom is -0.367 e. The molecule has 1 aliphatic heterocycles. The Kier molecular flexibility index (Phi) is 4.92. The highest BCUT2D eigenvalue weighted by Gasteiger charge is 2.23. The summed E-state index contributed by atoms with van der Waals surface area (Å²) in [7, 11) is 2.19. The molecule has 0 bridgehead atoms. The highest BCUT2D eigenvalue weighted by Crippen LogP contribution is 2.29. The van der Waals surface area contributed by atoms with E-state index in [0.717, 1.165) is 29.4 Å². The number of hydrogen-bond acceptors (Lipinski definition) is 5. The van der Waals surface area contributed by atoms with E-state index in [9.17, 15) is 0 Å². The summed E-state index contributed by atoms with van der Waals surface area (Å²) in [5.41, 5.74) is 2.04. The Morgan fingerprint density at radius 3 is 2.76 bits per heavy atom. The van der Waals surface area contributed by atoms with Gasteiger partial charge in [0.1, 0.15) is 11.6 Å². The van der Waals surface area contributed by atoms with Gasteiger partial charge < -0.3 is 10.2 Å². The van der Waals surface area contributed by atoms with Crippen molar-refractivity contribution in [3.8, 4) is 11.3 Å². The Morgan fingerprint density at radius 1 is 1.12 bits per heavy atom. The number of nitrogens with one attached hydrogen (secondary N) is 1. The van der Waals surface area contributed by atoms with Crippen LogP contribution in [0.4, 0.5) is 5.82 Å². The number of likely N-dealkylation sites (N-methyl/N-ethyl adjacent to an activating group) is 1. The summed E-state index contributed by atoms with van der Waals surface area (Å²) in [6.07, 6.45) is 11.2. The van der Waals surface area contributed by atoms with Crippen LogP contribution in [0.5, 0.6) is 0 Å².